The molecule has 1 atom stereocenters. The summed E-state index contributed by atoms with van der Waals surface area (Å²) >= 11 is 0. The van der Waals surface area contributed by atoms with Crippen molar-refractivity contribution in [3.05, 3.63) is 53.9 Å². The van der Waals surface area contributed by atoms with Crippen molar-refractivity contribution >= 4 is 29.3 Å². The monoisotopic (exact) mass is 474 g/mol. The van der Waals surface area contributed by atoms with Crippen LogP contribution >= 0.6 is 0 Å². The summed E-state index contributed by atoms with van der Waals surface area (Å²) in [5.74, 6) is -2.12. The molecule has 0 bridgehead atoms. The van der Waals surface area contributed by atoms with Crippen LogP contribution in [0.1, 0.15) is 12.5 Å². The van der Waals surface area contributed by atoms with Crippen molar-refractivity contribution in [1.82, 2.24) is 20.7 Å². The highest BCUT2D eigenvalue weighted by molar-refractivity contribution is 5.90. The van der Waals surface area contributed by atoms with Crippen LogP contribution in [0.25, 0.3) is 0 Å². The SMILES string of the molecule is CC(=O)NC[C@H]1CN(c2cc(F)c(N3CCN(C(=O)Cc4ccncc4)NC3)c(F)c2)C(=O)O1. The van der Waals surface area contributed by atoms with Gasteiger partial charge < -0.3 is 15.0 Å². The van der Waals surface area contributed by atoms with Crippen LogP contribution in [0.3, 0.4) is 0 Å². The smallest absolute Gasteiger partial charge is 0.414 e. The zero-order chi connectivity index (χ0) is 24.2. The second kappa shape index (κ2) is 10.00. The molecule has 34 heavy (non-hydrogen) atoms. The number of anilines is 2. The molecule has 2 aliphatic rings. The lowest BCUT2D eigenvalue weighted by molar-refractivity contribution is -0.134. The average molecular weight is 474 g/mol. The molecule has 12 heteroatoms. The maximum atomic E-state index is 14.9. The molecule has 1 aromatic heterocycles. The number of hydrogen-bond acceptors (Lipinski definition) is 7. The van der Waals surface area contributed by atoms with Crippen molar-refractivity contribution in [2.24, 2.45) is 0 Å². The van der Waals surface area contributed by atoms with E-state index >= 15 is 0 Å². The van der Waals surface area contributed by atoms with Crippen molar-refractivity contribution in [1.29, 1.82) is 0 Å². The Hall–Kier alpha value is -3.80. The summed E-state index contributed by atoms with van der Waals surface area (Å²) in [5, 5.41) is 3.97. The molecule has 0 spiro atoms. The minimum Gasteiger partial charge on any atom is -0.442 e. The summed E-state index contributed by atoms with van der Waals surface area (Å²) in [6.45, 7) is 1.97. The fraction of sp³-hybridized carbons (Fsp3) is 0.364. The molecule has 0 unspecified atom stereocenters. The van der Waals surface area contributed by atoms with Gasteiger partial charge >= 0.3 is 6.09 Å². The van der Waals surface area contributed by atoms with Gasteiger partial charge in [0.05, 0.1) is 38.4 Å². The van der Waals surface area contributed by atoms with Crippen LogP contribution in [0.2, 0.25) is 0 Å². The Balaban J connectivity index is 1.39. The van der Waals surface area contributed by atoms with Crippen molar-refractivity contribution in [3.8, 4) is 0 Å². The molecule has 0 radical (unpaired) electrons. The van der Waals surface area contributed by atoms with E-state index in [4.69, 9.17) is 4.74 Å². The van der Waals surface area contributed by atoms with Gasteiger partial charge in [-0.2, -0.15) is 0 Å². The first-order valence-electron chi connectivity index (χ1n) is 10.7. The zero-order valence-corrected chi connectivity index (χ0v) is 18.5. The number of benzene rings is 1. The number of aromatic nitrogens is 1. The summed E-state index contributed by atoms with van der Waals surface area (Å²) in [6.07, 6.45) is 2.03. The molecule has 0 saturated carbocycles. The lowest BCUT2D eigenvalue weighted by atomic mass is 10.2. The van der Waals surface area contributed by atoms with Gasteiger partial charge in [-0.15, -0.1) is 0 Å². The van der Waals surface area contributed by atoms with Crippen LogP contribution < -0.4 is 20.5 Å². The second-order valence-corrected chi connectivity index (χ2v) is 7.97. The molecule has 2 aliphatic heterocycles. The fourth-order valence-electron chi connectivity index (χ4n) is 3.83. The van der Waals surface area contributed by atoms with Gasteiger partial charge in [-0.25, -0.2) is 19.0 Å². The number of carbonyl (C=O) groups excluding carboxylic acids is 3. The van der Waals surface area contributed by atoms with E-state index in [2.05, 4.69) is 15.7 Å². The number of carbonyl (C=O) groups is 3. The molecule has 2 aromatic rings. The summed E-state index contributed by atoms with van der Waals surface area (Å²) in [4.78, 5) is 42.2. The molecule has 10 nitrogen and oxygen atoms in total. The van der Waals surface area contributed by atoms with Crippen LogP contribution in [0.15, 0.2) is 36.7 Å². The first-order chi connectivity index (χ1) is 16.3. The summed E-state index contributed by atoms with van der Waals surface area (Å²) < 4.78 is 35.0. The van der Waals surface area contributed by atoms with E-state index in [-0.39, 0.29) is 62.5 Å². The molecule has 1 aromatic carbocycles. The number of hydrogen-bond donors (Lipinski definition) is 2. The molecule has 3 amide bonds. The van der Waals surface area contributed by atoms with E-state index in [1.165, 1.54) is 16.8 Å². The highest BCUT2D eigenvalue weighted by atomic mass is 19.1. The third-order valence-corrected chi connectivity index (χ3v) is 5.53. The third kappa shape index (κ3) is 5.22. The van der Waals surface area contributed by atoms with Crippen molar-refractivity contribution in [2.45, 2.75) is 19.4 Å². The van der Waals surface area contributed by atoms with E-state index in [1.807, 2.05) is 0 Å². The number of cyclic esters (lactones) is 1. The lowest BCUT2D eigenvalue weighted by Crippen LogP contribution is -2.57. The predicted molar refractivity (Wildman–Crippen MR) is 118 cm³/mol. The van der Waals surface area contributed by atoms with Crippen LogP contribution in [0.4, 0.5) is 25.0 Å². The van der Waals surface area contributed by atoms with E-state index in [0.29, 0.717) is 0 Å². The Morgan fingerprint density at radius 3 is 2.53 bits per heavy atom. The van der Waals surface area contributed by atoms with E-state index < -0.39 is 23.8 Å². The first kappa shape index (κ1) is 23.4. The largest absolute Gasteiger partial charge is 0.442 e. The van der Waals surface area contributed by atoms with E-state index in [0.717, 1.165) is 22.6 Å². The molecule has 2 fully saturated rings. The summed E-state index contributed by atoms with van der Waals surface area (Å²) in [7, 11) is 0. The molecule has 0 aliphatic carbocycles. The van der Waals surface area contributed by atoms with Crippen molar-refractivity contribution in [2.75, 3.05) is 42.6 Å². The minimum absolute atomic E-state index is 0.0215. The number of nitrogens with zero attached hydrogens (tertiary/aromatic N) is 4. The second-order valence-electron chi connectivity index (χ2n) is 7.97. The maximum absolute atomic E-state index is 14.9. The Labute approximate surface area is 194 Å². The quantitative estimate of drug-likeness (QED) is 0.647. The van der Waals surface area contributed by atoms with E-state index in [1.54, 1.807) is 24.5 Å². The lowest BCUT2D eigenvalue weighted by Gasteiger charge is -2.37. The van der Waals surface area contributed by atoms with Crippen LogP contribution in [-0.4, -0.2) is 66.9 Å². The fourth-order valence-corrected chi connectivity index (χ4v) is 3.83. The van der Waals surface area contributed by atoms with Crippen LogP contribution in [-0.2, 0) is 20.7 Å². The van der Waals surface area contributed by atoms with Gasteiger partial charge in [-0.3, -0.25) is 24.5 Å². The molecule has 180 valence electrons. The minimum atomic E-state index is -0.841. The topological polar surface area (TPSA) is 107 Å². The number of pyridine rings is 1. The third-order valence-electron chi connectivity index (χ3n) is 5.53. The number of ether oxygens (including phenoxy) is 1. The van der Waals surface area contributed by atoms with Gasteiger partial charge in [-0.1, -0.05) is 0 Å². The molecule has 2 N–H and O–H groups in total. The average Bonchev–Trinajstić information content (AvgIpc) is 3.19. The number of halogens is 2. The standard InChI is InChI=1S/C22H24F2N6O4/c1-14(31)26-11-17-12-29(22(33)34-17)16-9-18(23)21(19(24)10-16)28-6-7-30(27-13-28)20(32)8-15-2-4-25-5-3-15/h2-5,9-10,17,27H,6-8,11-13H2,1H3,(H,26,31)/t17-/m0/s1. The zero-order valence-electron chi connectivity index (χ0n) is 18.5. The molecule has 3 heterocycles. The van der Waals surface area contributed by atoms with Gasteiger partial charge in [0.15, 0.2) is 11.6 Å². The van der Waals surface area contributed by atoms with Gasteiger partial charge in [0.25, 0.3) is 0 Å². The summed E-state index contributed by atoms with van der Waals surface area (Å²) in [6, 6.07) is 5.64. The normalized spacial score (nSPS) is 18.1. The number of nitrogens with one attached hydrogen (secondary N) is 2. The maximum Gasteiger partial charge on any atom is 0.414 e. The Morgan fingerprint density at radius 2 is 1.91 bits per heavy atom. The van der Waals surface area contributed by atoms with Crippen molar-refractivity contribution < 1.29 is 27.9 Å². The highest BCUT2D eigenvalue weighted by Crippen LogP contribution is 2.31. The van der Waals surface area contributed by atoms with Crippen LogP contribution in [0.5, 0.6) is 0 Å². The summed E-state index contributed by atoms with van der Waals surface area (Å²) in [5.41, 5.74) is 3.48. The van der Waals surface area contributed by atoms with Crippen molar-refractivity contribution in [3.63, 3.8) is 0 Å². The molecular formula is C22H24F2N6O4. The van der Waals surface area contributed by atoms with Gasteiger partial charge in [-0.05, 0) is 17.7 Å². The van der Waals surface area contributed by atoms with E-state index in [9.17, 15) is 23.2 Å². The highest BCUT2D eigenvalue weighted by Gasteiger charge is 2.34. The van der Waals surface area contributed by atoms with Gasteiger partial charge in [0, 0.05) is 38.0 Å². The number of amides is 3. The predicted octanol–water partition coefficient (Wildman–Crippen LogP) is 1.17. The number of rotatable bonds is 6. The molecular weight excluding hydrogens is 450 g/mol. The van der Waals surface area contributed by atoms with Gasteiger partial charge in [0.2, 0.25) is 11.8 Å². The van der Waals surface area contributed by atoms with Gasteiger partial charge in [0.1, 0.15) is 11.8 Å². The first-order valence-corrected chi connectivity index (χ1v) is 10.7. The van der Waals surface area contributed by atoms with Crippen LogP contribution in [0, 0.1) is 11.6 Å². The molecule has 4 rings (SSSR count). The molecule has 2 saturated heterocycles. The number of hydrazine groups is 1. The Morgan fingerprint density at radius 1 is 1.21 bits per heavy atom. The Bertz CT molecular complexity index is 1060. The Kier molecular flexibility index (Phi) is 6.87.